The van der Waals surface area contributed by atoms with Gasteiger partial charge in [0.1, 0.15) is 0 Å². The molecule has 0 aliphatic rings. The van der Waals surface area contributed by atoms with Crippen LogP contribution < -0.4 is 0 Å². The van der Waals surface area contributed by atoms with E-state index in [1.807, 2.05) is 0 Å². The smallest absolute Gasteiger partial charge is 0.325 e. The summed E-state index contributed by atoms with van der Waals surface area (Å²) < 4.78 is 22.6. The number of hydrogen-bond donors (Lipinski definition) is 0. The molecule has 0 rings (SSSR count). The predicted molar refractivity (Wildman–Crippen MR) is 31.6 cm³/mol. The van der Waals surface area contributed by atoms with E-state index in [1.54, 1.807) is 0 Å². The first-order chi connectivity index (χ1) is 2.64. The third-order valence-corrected chi connectivity index (χ3v) is 1.83. The molecule has 0 aromatic heterocycles. The van der Waals surface area contributed by atoms with Gasteiger partial charge in [-0.2, -0.15) is 0 Å². The summed E-state index contributed by atoms with van der Waals surface area (Å²) in [5, 5.41) is 0. The van der Waals surface area contributed by atoms with Crippen LogP contribution in [0.3, 0.4) is 0 Å². The summed E-state index contributed by atoms with van der Waals surface area (Å²) in [7, 11) is 0. The van der Waals surface area contributed by atoms with E-state index in [0.29, 0.717) is 0 Å². The van der Waals surface area contributed by atoms with Crippen molar-refractivity contribution in [3.05, 3.63) is 0 Å². The van der Waals surface area contributed by atoms with Crippen LogP contribution in [0.5, 0.6) is 0 Å². The maximum absolute atomic E-state index is 11.3. The third-order valence-electron chi connectivity index (χ3n) is 0.190. The predicted octanol–water partition coefficient (Wildman–Crippen LogP) is 1.77. The summed E-state index contributed by atoms with van der Waals surface area (Å²) in [6, 6.07) is 0. The van der Waals surface area contributed by atoms with E-state index in [0.717, 1.165) is 0 Å². The van der Waals surface area contributed by atoms with Crippen molar-refractivity contribution in [2.75, 3.05) is 0 Å². The lowest BCUT2D eigenvalue weighted by Gasteiger charge is -1.82. The highest BCUT2D eigenvalue weighted by Crippen LogP contribution is 2.06. The van der Waals surface area contributed by atoms with Crippen molar-refractivity contribution in [1.29, 1.82) is 0 Å². The van der Waals surface area contributed by atoms with Crippen LogP contribution in [0.4, 0.5) is 8.63 Å². The molecule has 0 saturated carbocycles. The Bertz CT molecular complexity index is 30.5. The fraction of sp³-hybridized carbons (Fsp3) is 0. The van der Waals surface area contributed by atoms with Gasteiger partial charge in [-0.05, 0) is 0 Å². The molecular weight excluding hydrogens is 219 g/mol. The summed E-state index contributed by atoms with van der Waals surface area (Å²) in [5.74, 6) is 0. The van der Waals surface area contributed by atoms with E-state index in [4.69, 9.17) is 0 Å². The summed E-state index contributed by atoms with van der Waals surface area (Å²) in [6.07, 6.45) is 0. The highest BCUT2D eigenvalue weighted by Gasteiger charge is 2.25. The molecule has 0 spiro atoms. The minimum Gasteiger partial charge on any atom is -0.325 e. The SMILES string of the molecule is FB(Br)B(F)Br. The van der Waals surface area contributed by atoms with Crippen LogP contribution >= 0.6 is 31.5 Å². The fourth-order valence-corrected chi connectivity index (χ4v) is 0. The lowest BCUT2D eigenvalue weighted by molar-refractivity contribution is 0.843. The lowest BCUT2D eigenvalue weighted by Crippen LogP contribution is -2.11. The topological polar surface area (TPSA) is 0 Å². The standard InChI is InChI=1S/B2Br2F2/c3-1(5)2(4)6. The lowest BCUT2D eigenvalue weighted by atomic mass is 9.69. The average Bonchev–Trinajstić information content (AvgIpc) is 1.36. The molecular formula is B2Br2F2. The van der Waals surface area contributed by atoms with Gasteiger partial charge in [0.15, 0.2) is 0 Å². The molecule has 0 heterocycles. The third kappa shape index (κ3) is 3.15. The number of halogens is 4. The molecule has 0 aromatic rings. The van der Waals surface area contributed by atoms with Crippen LogP contribution in [0.2, 0.25) is 0 Å². The van der Waals surface area contributed by atoms with Gasteiger partial charge in [0, 0.05) is 0 Å². The molecule has 0 aliphatic carbocycles. The van der Waals surface area contributed by atoms with Crippen LogP contribution in [-0.4, -0.2) is 11.4 Å². The quantitative estimate of drug-likeness (QED) is 0.590. The Morgan fingerprint density at radius 2 is 1.17 bits per heavy atom. The van der Waals surface area contributed by atoms with E-state index in [1.165, 1.54) is 0 Å². The molecule has 0 fully saturated rings. The molecule has 0 aliphatic heterocycles. The molecule has 0 amide bonds. The minimum atomic E-state index is -1.59. The Balaban J connectivity index is 2.99. The molecule has 0 nitrogen and oxygen atoms in total. The zero-order chi connectivity index (χ0) is 5.15. The Morgan fingerprint density at radius 1 is 1.00 bits per heavy atom. The first-order valence-electron chi connectivity index (χ1n) is 1.21. The van der Waals surface area contributed by atoms with Crippen LogP contribution in [0, 0.1) is 0 Å². The van der Waals surface area contributed by atoms with E-state index >= 15 is 0 Å². The van der Waals surface area contributed by atoms with Gasteiger partial charge in [0.05, 0.1) is 0 Å². The van der Waals surface area contributed by atoms with Crippen LogP contribution in [0.15, 0.2) is 0 Å². The molecule has 0 atom stereocenters. The van der Waals surface area contributed by atoms with E-state index in [9.17, 15) is 8.63 Å². The van der Waals surface area contributed by atoms with Crippen molar-refractivity contribution in [2.45, 2.75) is 0 Å². The largest absolute Gasteiger partial charge is 0.439 e. The second kappa shape index (κ2) is 3.02. The molecule has 0 unspecified atom stereocenters. The Labute approximate surface area is 51.9 Å². The Hall–Kier alpha value is 0.950. The molecule has 0 bridgehead atoms. The molecule has 6 heavy (non-hydrogen) atoms. The van der Waals surface area contributed by atoms with Gasteiger partial charge >= 0.3 is 11.4 Å². The van der Waals surface area contributed by atoms with Crippen molar-refractivity contribution < 1.29 is 8.63 Å². The van der Waals surface area contributed by atoms with Gasteiger partial charge in [-0.1, -0.05) is 0 Å². The number of hydrogen-bond acceptors (Lipinski definition) is 0. The molecule has 0 radical (unpaired) electrons. The van der Waals surface area contributed by atoms with Crippen LogP contribution in [-0.2, 0) is 0 Å². The van der Waals surface area contributed by atoms with Crippen molar-refractivity contribution in [3.8, 4) is 0 Å². The van der Waals surface area contributed by atoms with Gasteiger partial charge in [-0.3, -0.25) is 0 Å². The van der Waals surface area contributed by atoms with Gasteiger partial charge in [0.25, 0.3) is 0 Å². The van der Waals surface area contributed by atoms with Gasteiger partial charge in [0.2, 0.25) is 0 Å². The maximum Gasteiger partial charge on any atom is 0.439 e. The van der Waals surface area contributed by atoms with Gasteiger partial charge in [-0.25, -0.2) is 0 Å². The first kappa shape index (κ1) is 6.95. The highest BCUT2D eigenvalue weighted by atomic mass is 79.9. The summed E-state index contributed by atoms with van der Waals surface area (Å²) in [5.41, 5.74) is -3.17. The second-order valence-corrected chi connectivity index (χ2v) is 2.42. The molecule has 34 valence electrons. The van der Waals surface area contributed by atoms with Gasteiger partial charge in [-0.15, -0.1) is 31.5 Å². The monoisotopic (exact) mass is 218 g/mol. The Kier molecular flexibility index (Phi) is 3.50. The van der Waals surface area contributed by atoms with Crippen molar-refractivity contribution in [2.24, 2.45) is 0 Å². The molecule has 0 saturated heterocycles. The van der Waals surface area contributed by atoms with Crippen LogP contribution in [0.25, 0.3) is 0 Å². The normalized spacial score (nSPS) is 8.00. The van der Waals surface area contributed by atoms with E-state index in [2.05, 4.69) is 31.5 Å². The van der Waals surface area contributed by atoms with Crippen molar-refractivity contribution >= 4 is 42.9 Å². The van der Waals surface area contributed by atoms with Crippen molar-refractivity contribution in [1.82, 2.24) is 0 Å². The van der Waals surface area contributed by atoms with Crippen LogP contribution in [0.1, 0.15) is 0 Å². The zero-order valence-corrected chi connectivity index (χ0v) is 5.84. The van der Waals surface area contributed by atoms with Gasteiger partial charge < -0.3 is 8.63 Å². The second-order valence-electron chi connectivity index (χ2n) is 0.669. The Morgan fingerprint density at radius 3 is 1.17 bits per heavy atom. The summed E-state index contributed by atoms with van der Waals surface area (Å²) in [4.78, 5) is 0. The fourth-order valence-electron chi connectivity index (χ4n) is 0. The zero-order valence-electron chi connectivity index (χ0n) is 2.67. The molecule has 0 N–H and O–H groups in total. The average molecular weight is 219 g/mol. The van der Waals surface area contributed by atoms with Crippen molar-refractivity contribution in [3.63, 3.8) is 0 Å². The maximum atomic E-state index is 11.3. The summed E-state index contributed by atoms with van der Waals surface area (Å²) >= 11 is 4.70. The number of rotatable bonds is 1. The van der Waals surface area contributed by atoms with E-state index in [-0.39, 0.29) is 0 Å². The van der Waals surface area contributed by atoms with E-state index < -0.39 is 11.4 Å². The highest BCUT2D eigenvalue weighted by molar-refractivity contribution is 9.34. The minimum absolute atomic E-state index is 1.59. The first-order valence-corrected chi connectivity index (χ1v) is 3.04. The molecule has 6 heteroatoms. The summed E-state index contributed by atoms with van der Waals surface area (Å²) in [6.45, 7) is 0. The molecule has 0 aromatic carbocycles.